The molecule has 0 saturated carbocycles. The quantitative estimate of drug-likeness (QED) is 0.648. The van der Waals surface area contributed by atoms with E-state index in [-0.39, 0.29) is 18.4 Å². The van der Waals surface area contributed by atoms with Crippen molar-refractivity contribution in [2.45, 2.75) is 13.3 Å². The van der Waals surface area contributed by atoms with E-state index in [0.29, 0.717) is 38.5 Å². The van der Waals surface area contributed by atoms with Crippen LogP contribution in [0.15, 0.2) is 54.6 Å². The molecule has 1 saturated heterocycles. The maximum absolute atomic E-state index is 12.5. The number of anilines is 1. The molecule has 7 heteroatoms. The molecule has 0 unspecified atom stereocenters. The Morgan fingerprint density at radius 3 is 2.50 bits per heavy atom. The Kier molecular flexibility index (Phi) is 8.41. The Labute approximate surface area is 188 Å². The van der Waals surface area contributed by atoms with E-state index in [2.05, 4.69) is 17.1 Å². The minimum Gasteiger partial charge on any atom is -0.479 e. The molecule has 1 N–H and O–H groups in total. The number of nitriles is 1. The van der Waals surface area contributed by atoms with Crippen LogP contribution in [-0.4, -0.2) is 60.9 Å². The van der Waals surface area contributed by atoms with Crippen LogP contribution in [0.5, 0.6) is 5.75 Å². The largest absolute Gasteiger partial charge is 0.479 e. The number of carbonyl (C=O) groups excluding carboxylic acids is 2. The minimum absolute atomic E-state index is 0.00728. The standard InChI is InChI=1S/C25H28N4O3/c1-2-21-5-3-4-6-23(21)27-24(30)19-28-14-16-29(17-15-28)25(31)12-9-20-7-10-22(11-8-20)32-18-13-26/h3-12H,2,14-19H2,1H3,(H,27,30)/b12-9+. The van der Waals surface area contributed by atoms with E-state index in [1.54, 1.807) is 29.2 Å². The zero-order valence-corrected chi connectivity index (χ0v) is 18.3. The molecule has 7 nitrogen and oxygen atoms in total. The van der Waals surface area contributed by atoms with Gasteiger partial charge in [-0.2, -0.15) is 5.26 Å². The molecule has 0 radical (unpaired) electrons. The average Bonchev–Trinajstić information content (AvgIpc) is 2.82. The molecule has 32 heavy (non-hydrogen) atoms. The number of ether oxygens (including phenoxy) is 1. The van der Waals surface area contributed by atoms with Crippen molar-refractivity contribution in [1.82, 2.24) is 9.80 Å². The lowest BCUT2D eigenvalue weighted by molar-refractivity contribution is -0.127. The van der Waals surface area contributed by atoms with Gasteiger partial charge in [-0.25, -0.2) is 0 Å². The Balaban J connectivity index is 1.43. The number of nitrogens with zero attached hydrogens (tertiary/aromatic N) is 3. The molecule has 1 heterocycles. The minimum atomic E-state index is -0.0456. The molecule has 3 rings (SSSR count). The van der Waals surface area contributed by atoms with Crippen molar-refractivity contribution in [2.24, 2.45) is 0 Å². The van der Waals surface area contributed by atoms with Crippen LogP contribution < -0.4 is 10.1 Å². The van der Waals surface area contributed by atoms with Gasteiger partial charge < -0.3 is 15.0 Å². The molecule has 1 fully saturated rings. The molecule has 2 amide bonds. The Morgan fingerprint density at radius 2 is 1.81 bits per heavy atom. The fraction of sp³-hybridized carbons (Fsp3) is 0.320. The number of hydrogen-bond donors (Lipinski definition) is 1. The summed E-state index contributed by atoms with van der Waals surface area (Å²) < 4.78 is 5.22. The molecule has 0 aliphatic carbocycles. The summed E-state index contributed by atoms with van der Waals surface area (Å²) in [6, 6.07) is 17.0. The number of rotatable bonds is 8. The van der Waals surface area contributed by atoms with Gasteiger partial charge in [0.05, 0.1) is 6.54 Å². The van der Waals surface area contributed by atoms with E-state index in [1.807, 2.05) is 42.5 Å². The predicted molar refractivity (Wildman–Crippen MR) is 124 cm³/mol. The summed E-state index contributed by atoms with van der Waals surface area (Å²) in [6.07, 6.45) is 4.19. The normalized spacial score (nSPS) is 14.2. The number of piperazine rings is 1. The van der Waals surface area contributed by atoms with Crippen molar-refractivity contribution in [3.8, 4) is 11.8 Å². The summed E-state index contributed by atoms with van der Waals surface area (Å²) in [6.45, 7) is 4.88. The lowest BCUT2D eigenvalue weighted by atomic mass is 10.1. The van der Waals surface area contributed by atoms with Gasteiger partial charge in [0.1, 0.15) is 11.8 Å². The molecular weight excluding hydrogens is 404 g/mol. The predicted octanol–water partition coefficient (Wildman–Crippen LogP) is 2.95. The topological polar surface area (TPSA) is 85.7 Å². The van der Waals surface area contributed by atoms with Gasteiger partial charge in [-0.15, -0.1) is 0 Å². The zero-order chi connectivity index (χ0) is 22.8. The molecule has 2 aromatic rings. The number of para-hydroxylation sites is 1. The summed E-state index contributed by atoms with van der Waals surface area (Å²) >= 11 is 0. The molecular formula is C25H28N4O3. The maximum Gasteiger partial charge on any atom is 0.246 e. The van der Waals surface area contributed by atoms with Gasteiger partial charge >= 0.3 is 0 Å². The first kappa shape index (κ1) is 23.0. The summed E-state index contributed by atoms with van der Waals surface area (Å²) in [5.74, 6) is 0.539. The van der Waals surface area contributed by atoms with Crippen molar-refractivity contribution in [3.63, 3.8) is 0 Å². The van der Waals surface area contributed by atoms with Gasteiger partial charge in [0.25, 0.3) is 0 Å². The molecule has 0 aromatic heterocycles. The second-order valence-corrected chi connectivity index (χ2v) is 7.51. The summed E-state index contributed by atoms with van der Waals surface area (Å²) in [5.41, 5.74) is 2.86. The van der Waals surface area contributed by atoms with Crippen LogP contribution in [0.3, 0.4) is 0 Å². The number of hydrogen-bond acceptors (Lipinski definition) is 5. The van der Waals surface area contributed by atoms with Gasteiger partial charge in [-0.3, -0.25) is 14.5 Å². The molecule has 1 aliphatic heterocycles. The van der Waals surface area contributed by atoms with Gasteiger partial charge in [-0.1, -0.05) is 37.3 Å². The first-order valence-corrected chi connectivity index (χ1v) is 10.8. The third-order valence-electron chi connectivity index (χ3n) is 5.33. The van der Waals surface area contributed by atoms with Gasteiger partial charge in [0, 0.05) is 37.9 Å². The highest BCUT2D eigenvalue weighted by Gasteiger charge is 2.21. The summed E-state index contributed by atoms with van der Waals surface area (Å²) in [7, 11) is 0. The lowest BCUT2D eigenvalue weighted by Gasteiger charge is -2.33. The van der Waals surface area contributed by atoms with E-state index >= 15 is 0 Å². The highest BCUT2D eigenvalue weighted by atomic mass is 16.5. The molecule has 0 spiro atoms. The van der Waals surface area contributed by atoms with Crippen LogP contribution in [0.4, 0.5) is 5.69 Å². The van der Waals surface area contributed by atoms with E-state index in [1.165, 1.54) is 0 Å². The lowest BCUT2D eigenvalue weighted by Crippen LogP contribution is -2.50. The molecule has 166 valence electrons. The monoisotopic (exact) mass is 432 g/mol. The number of amides is 2. The number of aryl methyl sites for hydroxylation is 1. The van der Waals surface area contributed by atoms with Gasteiger partial charge in [0.15, 0.2) is 6.61 Å². The van der Waals surface area contributed by atoms with Crippen LogP contribution in [0.1, 0.15) is 18.1 Å². The SMILES string of the molecule is CCc1ccccc1NC(=O)CN1CCN(C(=O)/C=C/c2ccc(OCC#N)cc2)CC1. The number of nitrogens with one attached hydrogen (secondary N) is 1. The second-order valence-electron chi connectivity index (χ2n) is 7.51. The van der Waals surface area contributed by atoms with Crippen LogP contribution in [-0.2, 0) is 16.0 Å². The third-order valence-corrected chi connectivity index (χ3v) is 5.33. The van der Waals surface area contributed by atoms with E-state index < -0.39 is 0 Å². The highest BCUT2D eigenvalue weighted by molar-refractivity contribution is 5.93. The highest BCUT2D eigenvalue weighted by Crippen LogP contribution is 2.16. The fourth-order valence-corrected chi connectivity index (χ4v) is 3.53. The average molecular weight is 433 g/mol. The van der Waals surface area contributed by atoms with Crippen LogP contribution in [0.2, 0.25) is 0 Å². The molecule has 0 atom stereocenters. The first-order chi connectivity index (χ1) is 15.6. The van der Waals surface area contributed by atoms with E-state index in [0.717, 1.165) is 23.2 Å². The second kappa shape index (κ2) is 11.7. The molecule has 0 bridgehead atoms. The summed E-state index contributed by atoms with van der Waals surface area (Å²) in [4.78, 5) is 28.8. The third kappa shape index (κ3) is 6.69. The molecule has 2 aromatic carbocycles. The van der Waals surface area contributed by atoms with Crippen LogP contribution in [0, 0.1) is 11.3 Å². The van der Waals surface area contributed by atoms with Crippen LogP contribution >= 0.6 is 0 Å². The number of benzene rings is 2. The van der Waals surface area contributed by atoms with Crippen LogP contribution in [0.25, 0.3) is 6.08 Å². The smallest absolute Gasteiger partial charge is 0.246 e. The fourth-order valence-electron chi connectivity index (χ4n) is 3.53. The van der Waals surface area contributed by atoms with Crippen molar-refractivity contribution >= 4 is 23.6 Å². The Morgan fingerprint density at radius 1 is 1.09 bits per heavy atom. The summed E-state index contributed by atoms with van der Waals surface area (Å²) in [5, 5.41) is 11.5. The van der Waals surface area contributed by atoms with E-state index in [4.69, 9.17) is 10.00 Å². The number of carbonyl (C=O) groups is 2. The Bertz CT molecular complexity index is 987. The molecule has 1 aliphatic rings. The van der Waals surface area contributed by atoms with Crippen molar-refractivity contribution in [2.75, 3.05) is 44.6 Å². The van der Waals surface area contributed by atoms with Crippen molar-refractivity contribution in [3.05, 3.63) is 65.7 Å². The van der Waals surface area contributed by atoms with Gasteiger partial charge in [0.2, 0.25) is 11.8 Å². The van der Waals surface area contributed by atoms with Gasteiger partial charge in [-0.05, 0) is 41.8 Å². The van der Waals surface area contributed by atoms with Crippen molar-refractivity contribution < 1.29 is 14.3 Å². The van der Waals surface area contributed by atoms with Crippen molar-refractivity contribution in [1.29, 1.82) is 5.26 Å². The maximum atomic E-state index is 12.5. The first-order valence-electron chi connectivity index (χ1n) is 10.8. The van der Waals surface area contributed by atoms with E-state index in [9.17, 15) is 9.59 Å². The Hall–Kier alpha value is -3.63. The zero-order valence-electron chi connectivity index (χ0n) is 18.3.